The fraction of sp³-hybridized carbons (Fsp3) is 0.440. The molecular formula is C25H31ClN4O2. The first-order valence-corrected chi connectivity index (χ1v) is 11.8. The van der Waals surface area contributed by atoms with Gasteiger partial charge in [0, 0.05) is 20.0 Å². The van der Waals surface area contributed by atoms with E-state index in [0.29, 0.717) is 13.0 Å². The van der Waals surface area contributed by atoms with Gasteiger partial charge in [-0.15, -0.1) is 0 Å². The Kier molecular flexibility index (Phi) is 7.66. The van der Waals surface area contributed by atoms with Crippen molar-refractivity contribution in [3.63, 3.8) is 0 Å². The van der Waals surface area contributed by atoms with Gasteiger partial charge in [0.25, 0.3) is 0 Å². The number of carbonyl (C=O) groups excluding carboxylic acids is 1. The van der Waals surface area contributed by atoms with Gasteiger partial charge in [-0.05, 0) is 61.7 Å². The summed E-state index contributed by atoms with van der Waals surface area (Å²) in [5.74, 6) is 1.67. The van der Waals surface area contributed by atoms with E-state index in [4.69, 9.17) is 16.3 Å². The molecule has 0 saturated carbocycles. The number of halogens is 1. The summed E-state index contributed by atoms with van der Waals surface area (Å²) in [6.07, 6.45) is 5.84. The Morgan fingerprint density at radius 3 is 2.88 bits per heavy atom. The summed E-state index contributed by atoms with van der Waals surface area (Å²) in [4.78, 5) is 22.1. The lowest BCUT2D eigenvalue weighted by atomic mass is 10.1. The SMILES string of the molecule is CNC(=O)Cc1ccc2[nH]c(CCCOc3cccc(CN4CCCCC4)c3Cl)nc2c1. The average molecular weight is 455 g/mol. The number of likely N-dealkylation sites (tertiary alicyclic amines) is 1. The predicted octanol–water partition coefficient (Wildman–Crippen LogP) is 4.50. The predicted molar refractivity (Wildman–Crippen MR) is 128 cm³/mol. The minimum Gasteiger partial charge on any atom is -0.492 e. The molecule has 32 heavy (non-hydrogen) atoms. The first-order valence-electron chi connectivity index (χ1n) is 11.4. The minimum atomic E-state index is -0.00378. The highest BCUT2D eigenvalue weighted by atomic mass is 35.5. The van der Waals surface area contributed by atoms with Crippen LogP contribution in [0.25, 0.3) is 11.0 Å². The second-order valence-corrected chi connectivity index (χ2v) is 8.78. The first-order chi connectivity index (χ1) is 15.6. The van der Waals surface area contributed by atoms with Gasteiger partial charge in [-0.2, -0.15) is 0 Å². The van der Waals surface area contributed by atoms with Crippen molar-refractivity contribution in [3.05, 3.63) is 58.4 Å². The highest BCUT2D eigenvalue weighted by Crippen LogP contribution is 2.30. The molecule has 0 bridgehead atoms. The number of ether oxygens (including phenoxy) is 1. The van der Waals surface area contributed by atoms with E-state index in [9.17, 15) is 4.79 Å². The molecule has 170 valence electrons. The Labute approximate surface area is 194 Å². The summed E-state index contributed by atoms with van der Waals surface area (Å²) in [5, 5.41) is 3.38. The van der Waals surface area contributed by atoms with Gasteiger partial charge >= 0.3 is 0 Å². The number of nitrogens with one attached hydrogen (secondary N) is 2. The standard InChI is InChI=1S/C25H31ClN4O2/c1-27-24(31)16-18-10-11-20-21(15-18)29-23(28-20)9-6-14-32-22-8-5-7-19(25(22)26)17-30-12-3-2-4-13-30/h5,7-8,10-11,15H,2-4,6,9,12-14,16-17H2,1H3,(H,27,31)(H,28,29). The van der Waals surface area contributed by atoms with Crippen molar-refractivity contribution in [1.29, 1.82) is 0 Å². The van der Waals surface area contributed by atoms with Crippen LogP contribution >= 0.6 is 11.6 Å². The van der Waals surface area contributed by atoms with Crippen LogP contribution in [0.4, 0.5) is 0 Å². The number of fused-ring (bicyclic) bond motifs is 1. The van der Waals surface area contributed by atoms with Crippen molar-refractivity contribution in [2.24, 2.45) is 0 Å². The van der Waals surface area contributed by atoms with Gasteiger partial charge in [-0.25, -0.2) is 4.98 Å². The van der Waals surface area contributed by atoms with E-state index in [1.54, 1.807) is 7.05 Å². The second-order valence-electron chi connectivity index (χ2n) is 8.40. The zero-order valence-corrected chi connectivity index (χ0v) is 19.4. The molecule has 6 nitrogen and oxygen atoms in total. The van der Waals surface area contributed by atoms with E-state index in [1.807, 2.05) is 30.3 Å². The van der Waals surface area contributed by atoms with E-state index in [0.717, 1.165) is 71.2 Å². The number of carbonyl (C=O) groups is 1. The lowest BCUT2D eigenvalue weighted by molar-refractivity contribution is -0.119. The highest BCUT2D eigenvalue weighted by molar-refractivity contribution is 6.32. The van der Waals surface area contributed by atoms with Crippen molar-refractivity contribution in [2.45, 2.75) is 45.1 Å². The number of aryl methyl sites for hydroxylation is 1. The van der Waals surface area contributed by atoms with E-state index in [1.165, 1.54) is 19.3 Å². The molecule has 2 aromatic carbocycles. The van der Waals surface area contributed by atoms with Crippen molar-refractivity contribution in [2.75, 3.05) is 26.7 Å². The van der Waals surface area contributed by atoms with Crippen molar-refractivity contribution >= 4 is 28.5 Å². The second kappa shape index (κ2) is 10.8. The lowest BCUT2D eigenvalue weighted by Crippen LogP contribution is -2.29. The number of rotatable bonds is 9. The monoisotopic (exact) mass is 454 g/mol. The van der Waals surface area contributed by atoms with Crippen LogP contribution in [-0.4, -0.2) is 47.5 Å². The summed E-state index contributed by atoms with van der Waals surface area (Å²) >= 11 is 6.64. The maximum absolute atomic E-state index is 11.6. The van der Waals surface area contributed by atoms with Gasteiger partial charge in [-0.3, -0.25) is 9.69 Å². The third-order valence-corrected chi connectivity index (χ3v) is 6.37. The number of H-pyrrole nitrogens is 1. The molecule has 1 aliphatic heterocycles. The molecule has 0 aliphatic carbocycles. The van der Waals surface area contributed by atoms with Crippen molar-refractivity contribution in [1.82, 2.24) is 20.2 Å². The van der Waals surface area contributed by atoms with Crippen LogP contribution < -0.4 is 10.1 Å². The van der Waals surface area contributed by atoms with E-state index >= 15 is 0 Å². The van der Waals surface area contributed by atoms with Crippen LogP contribution in [0.1, 0.15) is 42.6 Å². The molecule has 0 spiro atoms. The van der Waals surface area contributed by atoms with Crippen LogP contribution in [0.2, 0.25) is 5.02 Å². The molecule has 1 aliphatic rings. The van der Waals surface area contributed by atoms with Crippen LogP contribution in [0.5, 0.6) is 5.75 Å². The zero-order valence-electron chi connectivity index (χ0n) is 18.6. The topological polar surface area (TPSA) is 70.2 Å². The maximum atomic E-state index is 11.6. The van der Waals surface area contributed by atoms with E-state index in [-0.39, 0.29) is 5.91 Å². The summed E-state index contributed by atoms with van der Waals surface area (Å²) in [7, 11) is 1.65. The molecular weight excluding hydrogens is 424 g/mol. The number of aromatic amines is 1. The summed E-state index contributed by atoms with van der Waals surface area (Å²) in [5.41, 5.74) is 3.96. The molecule has 1 fully saturated rings. The number of piperidine rings is 1. The Morgan fingerprint density at radius 1 is 1.22 bits per heavy atom. The normalized spacial score (nSPS) is 14.6. The molecule has 2 heterocycles. The zero-order chi connectivity index (χ0) is 22.3. The molecule has 7 heteroatoms. The molecule has 4 rings (SSSR count). The summed E-state index contributed by atoms with van der Waals surface area (Å²) in [6, 6.07) is 12.0. The molecule has 1 amide bonds. The number of aromatic nitrogens is 2. The maximum Gasteiger partial charge on any atom is 0.224 e. The number of hydrogen-bond acceptors (Lipinski definition) is 4. The summed E-state index contributed by atoms with van der Waals surface area (Å²) < 4.78 is 6.00. The van der Waals surface area contributed by atoms with Crippen LogP contribution in [0.3, 0.4) is 0 Å². The molecule has 0 radical (unpaired) electrons. The number of amides is 1. The highest BCUT2D eigenvalue weighted by Gasteiger charge is 2.14. The van der Waals surface area contributed by atoms with Gasteiger partial charge in [0.05, 0.1) is 29.1 Å². The Bertz CT molecular complexity index is 1060. The Balaban J connectivity index is 1.29. The largest absolute Gasteiger partial charge is 0.492 e. The minimum absolute atomic E-state index is 0.00378. The van der Waals surface area contributed by atoms with Gasteiger partial charge in [-0.1, -0.05) is 36.2 Å². The third-order valence-electron chi connectivity index (χ3n) is 5.94. The molecule has 1 aromatic heterocycles. The number of benzene rings is 2. The molecule has 2 N–H and O–H groups in total. The fourth-order valence-corrected chi connectivity index (χ4v) is 4.42. The van der Waals surface area contributed by atoms with Gasteiger partial charge < -0.3 is 15.0 Å². The molecule has 3 aromatic rings. The van der Waals surface area contributed by atoms with Crippen molar-refractivity contribution in [3.8, 4) is 5.75 Å². The van der Waals surface area contributed by atoms with Gasteiger partial charge in [0.15, 0.2) is 0 Å². The quantitative estimate of drug-likeness (QED) is 0.467. The molecule has 0 atom stereocenters. The van der Waals surface area contributed by atoms with Gasteiger partial charge in [0.1, 0.15) is 11.6 Å². The van der Waals surface area contributed by atoms with Crippen LogP contribution in [-0.2, 0) is 24.2 Å². The lowest BCUT2D eigenvalue weighted by Gasteiger charge is -2.27. The molecule has 1 saturated heterocycles. The van der Waals surface area contributed by atoms with Crippen LogP contribution in [0, 0.1) is 0 Å². The molecule has 0 unspecified atom stereocenters. The van der Waals surface area contributed by atoms with Gasteiger partial charge in [0.2, 0.25) is 5.91 Å². The number of likely N-dealkylation sites (N-methyl/N-ethyl adjacent to an activating group) is 1. The van der Waals surface area contributed by atoms with E-state index in [2.05, 4.69) is 26.3 Å². The Hall–Kier alpha value is -2.57. The van der Waals surface area contributed by atoms with Crippen molar-refractivity contribution < 1.29 is 9.53 Å². The first kappa shape index (κ1) is 22.6. The number of nitrogens with zero attached hydrogens (tertiary/aromatic N) is 2. The van der Waals surface area contributed by atoms with E-state index < -0.39 is 0 Å². The fourth-order valence-electron chi connectivity index (χ4n) is 4.18. The number of imidazole rings is 1. The Morgan fingerprint density at radius 2 is 2.06 bits per heavy atom. The third kappa shape index (κ3) is 5.81. The smallest absolute Gasteiger partial charge is 0.224 e. The van der Waals surface area contributed by atoms with Crippen LogP contribution in [0.15, 0.2) is 36.4 Å². The average Bonchev–Trinajstić information content (AvgIpc) is 3.21. The number of hydrogen-bond donors (Lipinski definition) is 2. The summed E-state index contributed by atoms with van der Waals surface area (Å²) in [6.45, 7) is 3.75.